The molecule has 0 unspecified atom stereocenters. The van der Waals surface area contributed by atoms with E-state index in [0.717, 1.165) is 42.6 Å². The third kappa shape index (κ3) is 8.60. The molecule has 0 saturated heterocycles. The molecule has 1 aromatic heterocycles. The van der Waals surface area contributed by atoms with Gasteiger partial charge in [0.05, 0.1) is 17.9 Å². The smallest absolute Gasteiger partial charge is 0.325 e. The van der Waals surface area contributed by atoms with Gasteiger partial charge in [0.1, 0.15) is 6.26 Å². The van der Waals surface area contributed by atoms with Gasteiger partial charge in [-0.05, 0) is 55.5 Å². The largest absolute Gasteiger partial charge is 0.444 e. The van der Waals surface area contributed by atoms with Crippen LogP contribution in [-0.4, -0.2) is 34.0 Å². The van der Waals surface area contributed by atoms with E-state index in [2.05, 4.69) is 39.9 Å². The first-order valence-electron chi connectivity index (χ1n) is 11.1. The summed E-state index contributed by atoms with van der Waals surface area (Å²) < 4.78 is 16.5. The van der Waals surface area contributed by atoms with Crippen molar-refractivity contribution in [2.24, 2.45) is 0 Å². The van der Waals surface area contributed by atoms with Crippen molar-refractivity contribution in [3.8, 4) is 11.5 Å². The van der Waals surface area contributed by atoms with Gasteiger partial charge in [-0.1, -0.05) is 42.8 Å². The fourth-order valence-electron chi connectivity index (χ4n) is 3.53. The Morgan fingerprint density at radius 3 is 2.53 bits per heavy atom. The number of hydrogen-bond acceptors (Lipinski definition) is 5. The number of oxazole rings is 1. The van der Waals surface area contributed by atoms with Crippen molar-refractivity contribution in [3.05, 3.63) is 72.1 Å². The summed E-state index contributed by atoms with van der Waals surface area (Å²) in [5, 5.41) is 6.74. The van der Waals surface area contributed by atoms with Gasteiger partial charge >= 0.3 is 7.60 Å². The zero-order chi connectivity index (χ0) is 22.7. The Labute approximate surface area is 189 Å². The third-order valence-corrected chi connectivity index (χ3v) is 6.08. The van der Waals surface area contributed by atoms with Crippen molar-refractivity contribution in [3.63, 3.8) is 0 Å². The van der Waals surface area contributed by atoms with E-state index >= 15 is 0 Å². The number of unbranched alkanes of at least 4 members (excludes halogenated alkanes) is 2. The molecule has 8 heteroatoms. The van der Waals surface area contributed by atoms with Gasteiger partial charge in [0.15, 0.2) is 0 Å². The van der Waals surface area contributed by atoms with Crippen LogP contribution in [0.25, 0.3) is 11.5 Å². The number of anilines is 1. The monoisotopic (exact) mass is 457 g/mol. The van der Waals surface area contributed by atoms with Crippen LogP contribution in [0.3, 0.4) is 0 Å². The molecule has 3 rings (SSSR count). The average Bonchev–Trinajstić information content (AvgIpc) is 3.31. The summed E-state index contributed by atoms with van der Waals surface area (Å²) >= 11 is 0. The highest BCUT2D eigenvalue weighted by Gasteiger charge is 2.12. The van der Waals surface area contributed by atoms with Crippen molar-refractivity contribution in [2.45, 2.75) is 38.6 Å². The Balaban J connectivity index is 1.47. The van der Waals surface area contributed by atoms with Gasteiger partial charge in [-0.3, -0.25) is 4.57 Å². The minimum Gasteiger partial charge on any atom is -0.444 e. The van der Waals surface area contributed by atoms with Crippen LogP contribution in [0.1, 0.15) is 36.8 Å². The zero-order valence-electron chi connectivity index (χ0n) is 18.2. The maximum Gasteiger partial charge on any atom is 0.325 e. The summed E-state index contributed by atoms with van der Waals surface area (Å²) in [5.41, 5.74) is 4.34. The highest BCUT2D eigenvalue weighted by molar-refractivity contribution is 7.51. The summed E-state index contributed by atoms with van der Waals surface area (Å²) in [7, 11) is -3.93. The number of nitrogens with one attached hydrogen (secondary N) is 2. The number of aryl methyl sites for hydroxylation is 1. The van der Waals surface area contributed by atoms with E-state index in [1.807, 2.05) is 24.3 Å². The Morgan fingerprint density at radius 1 is 0.938 bits per heavy atom. The maximum atomic E-state index is 10.9. The van der Waals surface area contributed by atoms with Crippen LogP contribution in [0.2, 0.25) is 0 Å². The van der Waals surface area contributed by atoms with E-state index in [0.29, 0.717) is 25.4 Å². The van der Waals surface area contributed by atoms with Crippen molar-refractivity contribution >= 4 is 13.3 Å². The molecule has 172 valence electrons. The van der Waals surface area contributed by atoms with Crippen LogP contribution in [0.4, 0.5) is 5.69 Å². The molecule has 7 nitrogen and oxygen atoms in total. The molecule has 3 aromatic rings. The number of rotatable bonds is 14. The second kappa shape index (κ2) is 12.6. The molecule has 0 atom stereocenters. The Morgan fingerprint density at radius 2 is 1.78 bits per heavy atom. The van der Waals surface area contributed by atoms with E-state index in [9.17, 15) is 4.57 Å². The predicted molar refractivity (Wildman–Crippen MR) is 128 cm³/mol. The molecule has 0 amide bonds. The molecule has 0 spiro atoms. The lowest BCUT2D eigenvalue weighted by Crippen LogP contribution is -2.16. The fourth-order valence-corrected chi connectivity index (χ4v) is 4.10. The summed E-state index contributed by atoms with van der Waals surface area (Å²) in [5.74, 6) is 0.569. The molecular weight excluding hydrogens is 425 g/mol. The molecule has 0 radical (unpaired) electrons. The molecule has 0 aliphatic heterocycles. The topological polar surface area (TPSA) is 108 Å². The summed E-state index contributed by atoms with van der Waals surface area (Å²) in [6.45, 7) is 2.03. The minimum atomic E-state index is -3.93. The Hall–Kier alpha value is -2.44. The molecule has 1 heterocycles. The molecule has 0 aliphatic carbocycles. The van der Waals surface area contributed by atoms with Gasteiger partial charge < -0.3 is 24.8 Å². The number of nitrogens with zero attached hydrogens (tertiary/aromatic N) is 1. The first-order chi connectivity index (χ1) is 15.5. The highest BCUT2D eigenvalue weighted by atomic mass is 31.2. The van der Waals surface area contributed by atoms with Crippen molar-refractivity contribution < 1.29 is 18.8 Å². The van der Waals surface area contributed by atoms with Crippen LogP contribution in [0.15, 0.2) is 65.4 Å². The molecule has 0 bridgehead atoms. The van der Waals surface area contributed by atoms with Crippen LogP contribution < -0.4 is 10.6 Å². The van der Waals surface area contributed by atoms with Gasteiger partial charge in [-0.25, -0.2) is 4.98 Å². The lowest BCUT2D eigenvalue weighted by atomic mass is 10.1. The lowest BCUT2D eigenvalue weighted by molar-refractivity contribution is 0.371. The Kier molecular flexibility index (Phi) is 9.50. The van der Waals surface area contributed by atoms with Gasteiger partial charge in [0.2, 0.25) is 5.89 Å². The summed E-state index contributed by atoms with van der Waals surface area (Å²) in [6, 6.07) is 16.7. The van der Waals surface area contributed by atoms with Crippen molar-refractivity contribution in [1.29, 1.82) is 0 Å². The normalized spacial score (nSPS) is 11.6. The third-order valence-electron chi connectivity index (χ3n) is 5.18. The lowest BCUT2D eigenvalue weighted by Gasteiger charge is -2.13. The van der Waals surface area contributed by atoms with Gasteiger partial charge in [0, 0.05) is 18.8 Å². The molecule has 0 fully saturated rings. The fraction of sp³-hybridized carbons (Fsp3) is 0.375. The molecule has 2 aromatic carbocycles. The minimum absolute atomic E-state index is 0.101. The first kappa shape index (κ1) is 24.2. The van der Waals surface area contributed by atoms with Crippen molar-refractivity contribution in [1.82, 2.24) is 10.3 Å². The van der Waals surface area contributed by atoms with E-state index in [4.69, 9.17) is 14.2 Å². The molecule has 0 aliphatic rings. The predicted octanol–water partition coefficient (Wildman–Crippen LogP) is 4.82. The number of benzene rings is 2. The quantitative estimate of drug-likeness (QED) is 0.203. The van der Waals surface area contributed by atoms with Crippen LogP contribution in [0, 0.1) is 0 Å². The molecule has 32 heavy (non-hydrogen) atoms. The van der Waals surface area contributed by atoms with Crippen LogP contribution >= 0.6 is 7.60 Å². The van der Waals surface area contributed by atoms with E-state index in [-0.39, 0.29) is 6.16 Å². The summed E-state index contributed by atoms with van der Waals surface area (Å²) in [4.78, 5) is 22.2. The van der Waals surface area contributed by atoms with E-state index in [1.54, 1.807) is 12.5 Å². The number of hydrogen-bond donors (Lipinski definition) is 4. The molecular formula is C24H32N3O4P. The van der Waals surface area contributed by atoms with Gasteiger partial charge in [0.25, 0.3) is 0 Å². The Bertz CT molecular complexity index is 974. The first-order valence-corrected chi connectivity index (χ1v) is 12.9. The molecule has 4 N–H and O–H groups in total. The highest BCUT2D eigenvalue weighted by Crippen LogP contribution is 2.34. The molecule has 0 saturated carbocycles. The number of aromatic nitrogens is 1. The van der Waals surface area contributed by atoms with E-state index in [1.165, 1.54) is 12.0 Å². The second-order valence-electron chi connectivity index (χ2n) is 7.86. The van der Waals surface area contributed by atoms with Crippen LogP contribution in [0.5, 0.6) is 0 Å². The average molecular weight is 458 g/mol. The second-order valence-corrected chi connectivity index (χ2v) is 9.64. The van der Waals surface area contributed by atoms with Crippen molar-refractivity contribution in [2.75, 3.05) is 24.6 Å². The van der Waals surface area contributed by atoms with Crippen LogP contribution in [-0.2, 0) is 17.5 Å². The van der Waals surface area contributed by atoms with E-state index < -0.39 is 7.60 Å². The standard InChI is InChI=1S/C24H32N3O4P/c28-32(29,30)17-7-13-25-19-21-11-12-23(22(18-21)24-27-15-16-31-24)26-14-6-2-5-10-20-8-3-1-4-9-20/h1,3-4,8-9,11-12,15-16,18,25-26H,2,5-7,10,13-14,17,19H2,(H2,28,29,30). The maximum absolute atomic E-state index is 10.9. The van der Waals surface area contributed by atoms with Gasteiger partial charge in [-0.2, -0.15) is 0 Å². The summed E-state index contributed by atoms with van der Waals surface area (Å²) in [6.07, 6.45) is 8.05. The van der Waals surface area contributed by atoms with Gasteiger partial charge in [-0.15, -0.1) is 0 Å². The SMILES string of the molecule is O=P(O)(O)CCCNCc1ccc(NCCCCCc2ccccc2)c(-c2ncco2)c1. The zero-order valence-corrected chi connectivity index (χ0v) is 19.1.